The molecule has 0 aliphatic rings. The van der Waals surface area contributed by atoms with Crippen molar-refractivity contribution in [2.45, 2.75) is 7.43 Å². The quantitative estimate of drug-likeness (QED) is 0.323. The first-order chi connectivity index (χ1) is 0. The van der Waals surface area contributed by atoms with Crippen LogP contribution in [0, 0.1) is 0 Å². The zero-order chi connectivity index (χ0) is 0. The Bertz CT molecular complexity index is 6.85. The van der Waals surface area contributed by atoms with Gasteiger partial charge >= 0.3 is 17.1 Å². The van der Waals surface area contributed by atoms with Gasteiger partial charge in [-0.25, -0.2) is 0 Å². The van der Waals surface area contributed by atoms with Crippen molar-refractivity contribution in [3.05, 3.63) is 0 Å². The van der Waals surface area contributed by atoms with Crippen LogP contribution < -0.4 is 37.2 Å². The monoisotopic (exact) mass is 177 g/mol. The van der Waals surface area contributed by atoms with Crippen molar-refractivity contribution in [1.82, 2.24) is 0 Å². The van der Waals surface area contributed by atoms with E-state index in [0.717, 1.165) is 0 Å². The number of rotatable bonds is 0. The molecular formula is CH4Cl3Fe. The fraction of sp³-hybridized carbons (Fsp3) is 1.00. The van der Waals surface area contributed by atoms with E-state index in [9.17, 15) is 0 Å². The summed E-state index contributed by atoms with van der Waals surface area (Å²) in [6.45, 7) is 0. The van der Waals surface area contributed by atoms with Crippen LogP contribution >= 0.6 is 0 Å². The van der Waals surface area contributed by atoms with E-state index < -0.39 is 0 Å². The molecule has 0 aromatic rings. The zero-order valence-corrected chi connectivity index (χ0v) is 4.86. The van der Waals surface area contributed by atoms with E-state index >= 15 is 0 Å². The van der Waals surface area contributed by atoms with Crippen LogP contribution in [0.2, 0.25) is 0 Å². The molecule has 0 heterocycles. The predicted molar refractivity (Wildman–Crippen MR) is 6.73 cm³/mol. The standard InChI is InChI=1S/CH4.3ClH.Fe/h1H4;3*1H;/q;;;;+3/p-3. The molecule has 0 atom stereocenters. The van der Waals surface area contributed by atoms with Crippen LogP contribution in [0.15, 0.2) is 0 Å². The van der Waals surface area contributed by atoms with Crippen molar-refractivity contribution >= 4 is 0 Å². The summed E-state index contributed by atoms with van der Waals surface area (Å²) in [6.07, 6.45) is 0. The molecule has 0 spiro atoms. The van der Waals surface area contributed by atoms with Gasteiger partial charge in [-0.05, 0) is 0 Å². The van der Waals surface area contributed by atoms with Crippen molar-refractivity contribution in [2.24, 2.45) is 0 Å². The molecule has 5 heavy (non-hydrogen) atoms. The maximum atomic E-state index is 0. The summed E-state index contributed by atoms with van der Waals surface area (Å²) in [7, 11) is 0. The van der Waals surface area contributed by atoms with Gasteiger partial charge in [0.25, 0.3) is 0 Å². The van der Waals surface area contributed by atoms with Crippen LogP contribution in [0.5, 0.6) is 0 Å². The van der Waals surface area contributed by atoms with Gasteiger partial charge in [0.05, 0.1) is 0 Å². The van der Waals surface area contributed by atoms with Gasteiger partial charge in [0.1, 0.15) is 0 Å². The minimum atomic E-state index is 0. The van der Waals surface area contributed by atoms with E-state index in [4.69, 9.17) is 0 Å². The van der Waals surface area contributed by atoms with Crippen LogP contribution in [0.25, 0.3) is 0 Å². The van der Waals surface area contributed by atoms with Crippen molar-refractivity contribution in [3.63, 3.8) is 0 Å². The van der Waals surface area contributed by atoms with Gasteiger partial charge in [0.15, 0.2) is 0 Å². The fourth-order valence-electron chi connectivity index (χ4n) is 0. The molecule has 0 amide bonds. The van der Waals surface area contributed by atoms with Crippen LogP contribution in [-0.2, 0) is 17.1 Å². The van der Waals surface area contributed by atoms with E-state index in [1.807, 2.05) is 0 Å². The van der Waals surface area contributed by atoms with Gasteiger partial charge in [0, 0.05) is 0 Å². The van der Waals surface area contributed by atoms with Crippen LogP contribution in [0.3, 0.4) is 0 Å². The second-order valence-electron chi connectivity index (χ2n) is 0. The molecule has 1 radical (unpaired) electrons. The Morgan fingerprint density at radius 2 is 0.600 bits per heavy atom. The van der Waals surface area contributed by atoms with Crippen molar-refractivity contribution < 1.29 is 54.3 Å². The summed E-state index contributed by atoms with van der Waals surface area (Å²) in [5, 5.41) is 0. The topological polar surface area (TPSA) is 0 Å². The molecule has 0 unspecified atom stereocenters. The molecule has 0 aromatic carbocycles. The molecule has 37 valence electrons. The van der Waals surface area contributed by atoms with Crippen LogP contribution in [-0.4, -0.2) is 0 Å². The number of hydrogen-bond donors (Lipinski definition) is 0. The molecule has 0 aliphatic heterocycles. The van der Waals surface area contributed by atoms with E-state index in [1.54, 1.807) is 0 Å². The van der Waals surface area contributed by atoms with Crippen molar-refractivity contribution in [1.29, 1.82) is 0 Å². The first-order valence-electron chi connectivity index (χ1n) is 0. The minimum absolute atomic E-state index is 0. The van der Waals surface area contributed by atoms with E-state index in [2.05, 4.69) is 0 Å². The van der Waals surface area contributed by atoms with Crippen LogP contribution in [0.1, 0.15) is 7.43 Å². The first kappa shape index (κ1) is 96.1. The van der Waals surface area contributed by atoms with E-state index in [1.165, 1.54) is 0 Å². The van der Waals surface area contributed by atoms with E-state index in [0.29, 0.717) is 0 Å². The Balaban J connectivity index is 0. The van der Waals surface area contributed by atoms with Crippen molar-refractivity contribution in [2.75, 3.05) is 0 Å². The van der Waals surface area contributed by atoms with E-state index in [-0.39, 0.29) is 61.7 Å². The molecule has 0 fully saturated rings. The third-order valence-corrected chi connectivity index (χ3v) is 0. The molecule has 0 rings (SSSR count). The predicted octanol–water partition coefficient (Wildman–Crippen LogP) is -8.35. The Kier molecular flexibility index (Phi) is 1030. The second-order valence-corrected chi connectivity index (χ2v) is 0. The SMILES string of the molecule is C.[Cl-].[Cl-].[Cl-].[Fe+3]. The fourth-order valence-corrected chi connectivity index (χ4v) is 0. The maximum Gasteiger partial charge on any atom is 3.00 e. The summed E-state index contributed by atoms with van der Waals surface area (Å²) >= 11 is 0. The number of hydrogen-bond acceptors (Lipinski definition) is 0. The molecular weight excluding hydrogens is 174 g/mol. The second kappa shape index (κ2) is 53.8. The average Bonchev–Trinajstić information content (AvgIpc) is 0. The van der Waals surface area contributed by atoms with Gasteiger partial charge in [-0.1, -0.05) is 7.43 Å². The van der Waals surface area contributed by atoms with Gasteiger partial charge < -0.3 is 37.2 Å². The van der Waals surface area contributed by atoms with Crippen LogP contribution in [0.4, 0.5) is 0 Å². The van der Waals surface area contributed by atoms with Gasteiger partial charge in [0.2, 0.25) is 0 Å². The average molecular weight is 178 g/mol. The molecule has 0 nitrogen and oxygen atoms in total. The first-order valence-corrected chi connectivity index (χ1v) is 0. The Labute approximate surface area is 61.8 Å². The zero-order valence-electron chi connectivity index (χ0n) is 1.49. The third-order valence-electron chi connectivity index (χ3n) is 0. The Morgan fingerprint density at radius 3 is 0.600 bits per heavy atom. The molecule has 0 aliphatic carbocycles. The molecule has 0 bridgehead atoms. The Morgan fingerprint density at radius 1 is 0.600 bits per heavy atom. The third kappa shape index (κ3) is 32.1. The minimum Gasteiger partial charge on any atom is -1.00 e. The summed E-state index contributed by atoms with van der Waals surface area (Å²) in [4.78, 5) is 0. The molecule has 0 saturated heterocycles. The van der Waals surface area contributed by atoms with Gasteiger partial charge in [-0.15, -0.1) is 0 Å². The number of halogens is 3. The normalized spacial score (nSPS) is 0. The largest absolute Gasteiger partial charge is 3.00 e. The summed E-state index contributed by atoms with van der Waals surface area (Å²) < 4.78 is 0. The summed E-state index contributed by atoms with van der Waals surface area (Å²) in [5.41, 5.74) is 0. The maximum absolute atomic E-state index is 0. The van der Waals surface area contributed by atoms with Gasteiger partial charge in [-0.2, -0.15) is 0 Å². The van der Waals surface area contributed by atoms with Crippen molar-refractivity contribution in [3.8, 4) is 0 Å². The summed E-state index contributed by atoms with van der Waals surface area (Å²) in [5.74, 6) is 0. The molecule has 0 N–H and O–H groups in total. The molecule has 4 heteroatoms. The molecule has 0 saturated carbocycles. The van der Waals surface area contributed by atoms with Gasteiger partial charge in [-0.3, -0.25) is 0 Å². The Hall–Kier alpha value is 1.39. The summed E-state index contributed by atoms with van der Waals surface area (Å²) in [6, 6.07) is 0. The smallest absolute Gasteiger partial charge is 1.00 e. The molecule has 0 aromatic heterocycles.